The molecular weight excluding hydrogens is 424 g/mol. The van der Waals surface area contributed by atoms with Gasteiger partial charge in [-0.2, -0.15) is 0 Å². The van der Waals surface area contributed by atoms with Gasteiger partial charge in [-0.05, 0) is 73.5 Å². The van der Waals surface area contributed by atoms with Crippen molar-refractivity contribution in [3.63, 3.8) is 0 Å². The second-order valence-corrected chi connectivity index (χ2v) is 8.81. The minimum absolute atomic E-state index is 0.0220. The maximum absolute atomic E-state index is 12.9. The molecule has 8 heteroatoms. The summed E-state index contributed by atoms with van der Waals surface area (Å²) >= 11 is 6.15. The molecule has 0 saturated heterocycles. The number of hydrogen-bond donors (Lipinski definition) is 2. The molecule has 0 radical (unpaired) electrons. The second kappa shape index (κ2) is 8.77. The van der Waals surface area contributed by atoms with Gasteiger partial charge in [0.2, 0.25) is 0 Å². The van der Waals surface area contributed by atoms with Crippen molar-refractivity contribution in [2.24, 2.45) is 0 Å². The van der Waals surface area contributed by atoms with Gasteiger partial charge in [0.15, 0.2) is 0 Å². The number of ether oxygens (including phenoxy) is 1. The van der Waals surface area contributed by atoms with E-state index in [1.165, 1.54) is 18.2 Å². The number of aryl methyl sites for hydroxylation is 2. The average molecular weight is 445 g/mol. The van der Waals surface area contributed by atoms with Crippen LogP contribution in [0.2, 0.25) is 5.02 Å². The molecule has 0 bridgehead atoms. The molecule has 3 aromatic carbocycles. The average Bonchev–Trinajstić information content (AvgIpc) is 2.71. The number of nitrogens with one attached hydrogen (secondary N) is 2. The quantitative estimate of drug-likeness (QED) is 0.559. The highest BCUT2D eigenvalue weighted by Gasteiger charge is 2.21. The Morgan fingerprint density at radius 2 is 1.67 bits per heavy atom. The molecule has 156 valence electrons. The van der Waals surface area contributed by atoms with E-state index >= 15 is 0 Å². The van der Waals surface area contributed by atoms with Crippen molar-refractivity contribution in [2.45, 2.75) is 18.7 Å². The SMILES string of the molecule is COc1ccc(NC(=O)c2ccc(Cl)c(S(=O)(=O)Nc3cc(C)ccc3C)c2)cc1. The van der Waals surface area contributed by atoms with Crippen molar-refractivity contribution in [1.29, 1.82) is 0 Å². The van der Waals surface area contributed by atoms with Crippen LogP contribution in [0.4, 0.5) is 11.4 Å². The molecule has 3 rings (SSSR count). The fourth-order valence-corrected chi connectivity index (χ4v) is 4.42. The Labute approximate surface area is 180 Å². The molecule has 0 aromatic heterocycles. The third-order valence-corrected chi connectivity index (χ3v) is 6.32. The van der Waals surface area contributed by atoms with Crippen molar-refractivity contribution in [3.8, 4) is 5.75 Å². The van der Waals surface area contributed by atoms with E-state index in [0.29, 0.717) is 17.1 Å². The van der Waals surface area contributed by atoms with Gasteiger partial charge in [0.25, 0.3) is 15.9 Å². The molecule has 0 aliphatic heterocycles. The Morgan fingerprint density at radius 1 is 0.967 bits per heavy atom. The monoisotopic (exact) mass is 444 g/mol. The Bertz CT molecular complexity index is 1190. The molecule has 0 heterocycles. The summed E-state index contributed by atoms with van der Waals surface area (Å²) in [4.78, 5) is 12.4. The number of anilines is 2. The Morgan fingerprint density at radius 3 is 2.33 bits per heavy atom. The van der Waals surface area contributed by atoms with Gasteiger partial charge in [-0.15, -0.1) is 0 Å². The van der Waals surface area contributed by atoms with Crippen LogP contribution in [0.25, 0.3) is 0 Å². The number of methoxy groups -OCH3 is 1. The number of rotatable bonds is 6. The van der Waals surface area contributed by atoms with Crippen molar-refractivity contribution in [3.05, 3.63) is 82.4 Å². The van der Waals surface area contributed by atoms with Gasteiger partial charge in [0, 0.05) is 11.3 Å². The van der Waals surface area contributed by atoms with Crippen molar-refractivity contribution < 1.29 is 17.9 Å². The number of amides is 1. The first-order valence-electron chi connectivity index (χ1n) is 9.04. The van der Waals surface area contributed by atoms with Crippen LogP contribution in [-0.4, -0.2) is 21.4 Å². The topological polar surface area (TPSA) is 84.5 Å². The highest BCUT2D eigenvalue weighted by Crippen LogP contribution is 2.27. The number of halogens is 1. The van der Waals surface area contributed by atoms with Gasteiger partial charge in [0.1, 0.15) is 10.6 Å². The number of benzene rings is 3. The van der Waals surface area contributed by atoms with E-state index < -0.39 is 15.9 Å². The normalized spacial score (nSPS) is 11.1. The van der Waals surface area contributed by atoms with Gasteiger partial charge in [-0.1, -0.05) is 23.7 Å². The standard InChI is InChI=1S/C22H21ClN2O4S/c1-14-4-5-15(2)20(12-14)25-30(27,28)21-13-16(6-11-19(21)23)22(26)24-17-7-9-18(29-3)10-8-17/h4-13,25H,1-3H3,(H,24,26). The maximum atomic E-state index is 12.9. The van der Waals surface area contributed by atoms with Crippen LogP contribution < -0.4 is 14.8 Å². The van der Waals surface area contributed by atoms with Crippen LogP contribution in [0.15, 0.2) is 65.6 Å². The molecule has 0 spiro atoms. The van der Waals surface area contributed by atoms with Gasteiger partial charge in [-0.3, -0.25) is 9.52 Å². The Kier molecular flexibility index (Phi) is 6.34. The van der Waals surface area contributed by atoms with Crippen LogP contribution in [0.5, 0.6) is 5.75 Å². The van der Waals surface area contributed by atoms with E-state index in [1.807, 2.05) is 19.1 Å². The summed E-state index contributed by atoms with van der Waals surface area (Å²) in [6, 6.07) is 16.4. The van der Waals surface area contributed by atoms with E-state index in [1.54, 1.807) is 44.4 Å². The molecule has 0 aliphatic rings. The highest BCUT2D eigenvalue weighted by atomic mass is 35.5. The Balaban J connectivity index is 1.88. The molecule has 2 N–H and O–H groups in total. The van der Waals surface area contributed by atoms with Gasteiger partial charge in [0.05, 0.1) is 17.8 Å². The van der Waals surface area contributed by atoms with Gasteiger partial charge < -0.3 is 10.1 Å². The summed E-state index contributed by atoms with van der Waals surface area (Å²) in [7, 11) is -2.45. The molecule has 0 aliphatic carbocycles. The number of sulfonamides is 1. The smallest absolute Gasteiger partial charge is 0.263 e. The lowest BCUT2D eigenvalue weighted by Gasteiger charge is -2.13. The van der Waals surface area contributed by atoms with E-state index in [4.69, 9.17) is 16.3 Å². The molecule has 1 amide bonds. The summed E-state index contributed by atoms with van der Waals surface area (Å²) in [6.07, 6.45) is 0. The zero-order chi connectivity index (χ0) is 21.9. The molecule has 6 nitrogen and oxygen atoms in total. The summed E-state index contributed by atoms with van der Waals surface area (Å²) in [5, 5.41) is 2.74. The minimum Gasteiger partial charge on any atom is -0.497 e. The van der Waals surface area contributed by atoms with Crippen molar-refractivity contribution in [2.75, 3.05) is 17.1 Å². The third kappa shape index (κ3) is 4.93. The predicted octanol–water partition coefficient (Wildman–Crippen LogP) is 5.02. The lowest BCUT2D eigenvalue weighted by molar-refractivity contribution is 0.102. The first-order valence-corrected chi connectivity index (χ1v) is 10.9. The zero-order valence-corrected chi connectivity index (χ0v) is 18.3. The second-order valence-electron chi connectivity index (χ2n) is 6.75. The largest absolute Gasteiger partial charge is 0.497 e. The third-order valence-electron chi connectivity index (χ3n) is 4.47. The fourth-order valence-electron chi connectivity index (χ4n) is 2.77. The van der Waals surface area contributed by atoms with Crippen LogP contribution in [0.1, 0.15) is 21.5 Å². The molecule has 0 atom stereocenters. The molecule has 0 fully saturated rings. The molecular formula is C22H21ClN2O4S. The number of carbonyl (C=O) groups is 1. The van der Waals surface area contributed by atoms with Crippen LogP contribution in [0.3, 0.4) is 0 Å². The molecule has 0 unspecified atom stereocenters. The summed E-state index contributed by atoms with van der Waals surface area (Å²) in [5.74, 6) is 0.199. The van der Waals surface area contributed by atoms with E-state index in [0.717, 1.165) is 11.1 Å². The fraction of sp³-hybridized carbons (Fsp3) is 0.136. The number of hydrogen-bond acceptors (Lipinski definition) is 4. The summed E-state index contributed by atoms with van der Waals surface area (Å²) in [6.45, 7) is 3.67. The maximum Gasteiger partial charge on any atom is 0.263 e. The Hall–Kier alpha value is -3.03. The molecule has 0 saturated carbocycles. The number of carbonyl (C=O) groups excluding carboxylic acids is 1. The lowest BCUT2D eigenvalue weighted by Crippen LogP contribution is -2.17. The van der Waals surface area contributed by atoms with Crippen LogP contribution in [0, 0.1) is 13.8 Å². The van der Waals surface area contributed by atoms with E-state index in [2.05, 4.69) is 10.0 Å². The van der Waals surface area contributed by atoms with Gasteiger partial charge >= 0.3 is 0 Å². The highest BCUT2D eigenvalue weighted by molar-refractivity contribution is 7.92. The van der Waals surface area contributed by atoms with E-state index in [9.17, 15) is 13.2 Å². The molecule has 3 aromatic rings. The molecule has 30 heavy (non-hydrogen) atoms. The van der Waals surface area contributed by atoms with Crippen LogP contribution >= 0.6 is 11.6 Å². The van der Waals surface area contributed by atoms with E-state index in [-0.39, 0.29) is 15.5 Å². The van der Waals surface area contributed by atoms with Crippen molar-refractivity contribution >= 4 is 38.9 Å². The van der Waals surface area contributed by atoms with Gasteiger partial charge in [-0.25, -0.2) is 8.42 Å². The first kappa shape index (κ1) is 21.7. The minimum atomic E-state index is -4.00. The first-order chi connectivity index (χ1) is 14.2. The van der Waals surface area contributed by atoms with Crippen molar-refractivity contribution in [1.82, 2.24) is 0 Å². The summed E-state index contributed by atoms with van der Waals surface area (Å²) < 4.78 is 33.5. The summed E-state index contributed by atoms with van der Waals surface area (Å²) in [5.41, 5.74) is 2.86. The predicted molar refractivity (Wildman–Crippen MR) is 119 cm³/mol. The zero-order valence-electron chi connectivity index (χ0n) is 16.7. The van der Waals surface area contributed by atoms with Crippen LogP contribution in [-0.2, 0) is 10.0 Å². The lowest BCUT2D eigenvalue weighted by atomic mass is 10.1.